The molecule has 0 rings (SSSR count). The van der Waals surface area contributed by atoms with Crippen molar-refractivity contribution in [3.63, 3.8) is 0 Å². The van der Waals surface area contributed by atoms with Crippen molar-refractivity contribution in [2.24, 2.45) is 17.8 Å². The quantitative estimate of drug-likeness (QED) is 0.530. The molecule has 0 saturated carbocycles. The highest BCUT2D eigenvalue weighted by Crippen LogP contribution is 2.27. The van der Waals surface area contributed by atoms with Gasteiger partial charge in [-0.1, -0.05) is 47.1 Å². The predicted octanol–water partition coefficient (Wildman–Crippen LogP) is 4.99. The number of rotatable bonds is 10. The van der Waals surface area contributed by atoms with E-state index in [-0.39, 0.29) is 0 Å². The Morgan fingerprint density at radius 3 is 2.29 bits per heavy atom. The summed E-state index contributed by atoms with van der Waals surface area (Å²) in [4.78, 5) is 0. The zero-order valence-electron chi connectivity index (χ0n) is 12.7. The van der Waals surface area contributed by atoms with Gasteiger partial charge < -0.3 is 5.32 Å². The molecule has 0 aliphatic carbocycles. The highest BCUT2D eigenvalue weighted by atomic mass is 14.9. The summed E-state index contributed by atoms with van der Waals surface area (Å²) >= 11 is 0. The first-order valence-electron chi connectivity index (χ1n) is 7.40. The highest BCUT2D eigenvalue weighted by molar-refractivity contribution is 4.83. The first-order valence-corrected chi connectivity index (χ1v) is 7.40. The molecule has 0 radical (unpaired) electrons. The van der Waals surface area contributed by atoms with Gasteiger partial charge in [-0.15, -0.1) is 0 Å². The lowest BCUT2D eigenvalue weighted by Crippen LogP contribution is -2.16. The number of nitrogens with one attached hydrogen (secondary N) is 1. The van der Waals surface area contributed by atoms with Crippen molar-refractivity contribution in [2.45, 2.75) is 66.7 Å². The minimum Gasteiger partial charge on any atom is -0.389 e. The Kier molecular flexibility index (Phi) is 9.30. The van der Waals surface area contributed by atoms with E-state index in [4.69, 9.17) is 0 Å². The lowest BCUT2D eigenvalue weighted by atomic mass is 9.81. The summed E-state index contributed by atoms with van der Waals surface area (Å²) in [5, 5.41) is 3.31. The van der Waals surface area contributed by atoms with Crippen molar-refractivity contribution in [3.8, 4) is 0 Å². The van der Waals surface area contributed by atoms with Gasteiger partial charge in [-0.2, -0.15) is 0 Å². The summed E-state index contributed by atoms with van der Waals surface area (Å²) in [6, 6.07) is 0. The third-order valence-electron chi connectivity index (χ3n) is 3.98. The molecule has 1 N–H and O–H groups in total. The fourth-order valence-corrected chi connectivity index (χ4v) is 2.52. The van der Waals surface area contributed by atoms with Crippen molar-refractivity contribution < 1.29 is 0 Å². The molecule has 0 aromatic rings. The van der Waals surface area contributed by atoms with Gasteiger partial charge in [0.15, 0.2) is 0 Å². The first kappa shape index (κ1) is 16.5. The molecule has 0 aliphatic rings. The Bertz CT molecular complexity index is 198. The molecule has 0 saturated heterocycles. The largest absolute Gasteiger partial charge is 0.389 e. The van der Waals surface area contributed by atoms with Crippen LogP contribution in [0.15, 0.2) is 12.3 Å². The molecule has 0 aliphatic heterocycles. The van der Waals surface area contributed by atoms with Gasteiger partial charge in [0.2, 0.25) is 0 Å². The van der Waals surface area contributed by atoms with Crippen LogP contribution in [-0.2, 0) is 0 Å². The molecule has 102 valence electrons. The van der Waals surface area contributed by atoms with E-state index in [1.54, 1.807) is 0 Å². The van der Waals surface area contributed by atoms with Crippen molar-refractivity contribution in [2.75, 3.05) is 6.54 Å². The minimum atomic E-state index is 0.862. The van der Waals surface area contributed by atoms with Gasteiger partial charge in [0.25, 0.3) is 0 Å². The number of allylic oxidation sites excluding steroid dienone is 1. The molecule has 0 amide bonds. The third-order valence-corrected chi connectivity index (χ3v) is 3.98. The van der Waals surface area contributed by atoms with Gasteiger partial charge in [0.1, 0.15) is 0 Å². The van der Waals surface area contributed by atoms with Crippen LogP contribution in [0.25, 0.3) is 0 Å². The smallest absolute Gasteiger partial charge is 0.0143 e. The Balaban J connectivity index is 3.75. The van der Waals surface area contributed by atoms with Gasteiger partial charge in [0.05, 0.1) is 0 Å². The lowest BCUT2D eigenvalue weighted by molar-refractivity contribution is 0.267. The Labute approximate surface area is 109 Å². The monoisotopic (exact) mass is 239 g/mol. The minimum absolute atomic E-state index is 0.862. The fraction of sp³-hybridized carbons (Fsp3) is 0.875. The summed E-state index contributed by atoms with van der Waals surface area (Å²) in [6.45, 7) is 16.4. The molecular formula is C16H33N. The maximum atomic E-state index is 3.86. The Hall–Kier alpha value is -0.460. The molecular weight excluding hydrogens is 206 g/mol. The fourth-order valence-electron chi connectivity index (χ4n) is 2.52. The van der Waals surface area contributed by atoms with E-state index in [1.165, 1.54) is 32.1 Å². The van der Waals surface area contributed by atoms with Crippen LogP contribution in [0, 0.1) is 17.8 Å². The summed E-state index contributed by atoms with van der Waals surface area (Å²) in [6.07, 6.45) is 6.67. The van der Waals surface area contributed by atoms with Crippen molar-refractivity contribution in [3.05, 3.63) is 12.3 Å². The molecule has 3 atom stereocenters. The molecule has 0 aromatic heterocycles. The maximum absolute atomic E-state index is 3.86. The maximum Gasteiger partial charge on any atom is 0.0143 e. The van der Waals surface area contributed by atoms with E-state index in [9.17, 15) is 0 Å². The molecule has 0 fully saturated rings. The van der Waals surface area contributed by atoms with Crippen LogP contribution >= 0.6 is 0 Å². The highest BCUT2D eigenvalue weighted by Gasteiger charge is 2.16. The Morgan fingerprint density at radius 2 is 1.82 bits per heavy atom. The van der Waals surface area contributed by atoms with Gasteiger partial charge in [-0.3, -0.25) is 0 Å². The van der Waals surface area contributed by atoms with Gasteiger partial charge in [-0.25, -0.2) is 0 Å². The van der Waals surface area contributed by atoms with Crippen molar-refractivity contribution in [1.82, 2.24) is 5.32 Å². The second kappa shape index (κ2) is 9.56. The van der Waals surface area contributed by atoms with Crippen LogP contribution in [0.5, 0.6) is 0 Å². The van der Waals surface area contributed by atoms with E-state index < -0.39 is 0 Å². The molecule has 1 nitrogen and oxygen atoms in total. The number of hydrogen-bond donors (Lipinski definition) is 1. The van der Waals surface area contributed by atoms with Crippen LogP contribution in [0.1, 0.15) is 66.7 Å². The molecule has 17 heavy (non-hydrogen) atoms. The van der Waals surface area contributed by atoms with Gasteiger partial charge in [0, 0.05) is 12.2 Å². The lowest BCUT2D eigenvalue weighted by Gasteiger charge is -2.25. The second-order valence-corrected chi connectivity index (χ2v) is 5.74. The normalized spacial score (nSPS) is 16.3. The molecule has 0 bridgehead atoms. The van der Waals surface area contributed by atoms with Crippen LogP contribution in [0.4, 0.5) is 0 Å². The standard InChI is InChI=1S/C16H33N/c1-7-15(6)16(8-2)12-14(5)10-9-11-17-13(3)4/h14-17H,3,7-12H2,1-2,4-6H3. The van der Waals surface area contributed by atoms with E-state index in [0.29, 0.717) is 0 Å². The van der Waals surface area contributed by atoms with Crippen LogP contribution < -0.4 is 5.32 Å². The van der Waals surface area contributed by atoms with Gasteiger partial charge >= 0.3 is 0 Å². The van der Waals surface area contributed by atoms with Crippen LogP contribution in [0.2, 0.25) is 0 Å². The summed E-state index contributed by atoms with van der Waals surface area (Å²) in [5.41, 5.74) is 1.09. The first-order chi connectivity index (χ1) is 8.01. The van der Waals surface area contributed by atoms with Gasteiger partial charge in [-0.05, 0) is 43.9 Å². The average Bonchev–Trinajstić information content (AvgIpc) is 2.30. The average molecular weight is 239 g/mol. The van der Waals surface area contributed by atoms with E-state index in [0.717, 1.165) is 30.0 Å². The van der Waals surface area contributed by atoms with E-state index in [2.05, 4.69) is 39.6 Å². The summed E-state index contributed by atoms with van der Waals surface area (Å²) < 4.78 is 0. The van der Waals surface area contributed by atoms with E-state index in [1.807, 2.05) is 6.92 Å². The zero-order chi connectivity index (χ0) is 13.3. The van der Waals surface area contributed by atoms with Crippen molar-refractivity contribution in [1.29, 1.82) is 0 Å². The molecule has 0 spiro atoms. The molecule has 0 heterocycles. The van der Waals surface area contributed by atoms with Crippen molar-refractivity contribution >= 4 is 0 Å². The van der Waals surface area contributed by atoms with E-state index >= 15 is 0 Å². The third kappa shape index (κ3) is 8.29. The van der Waals surface area contributed by atoms with Crippen LogP contribution in [-0.4, -0.2) is 6.54 Å². The topological polar surface area (TPSA) is 12.0 Å². The van der Waals surface area contributed by atoms with Crippen LogP contribution in [0.3, 0.4) is 0 Å². The predicted molar refractivity (Wildman–Crippen MR) is 79.1 cm³/mol. The zero-order valence-corrected chi connectivity index (χ0v) is 12.7. The molecule has 3 unspecified atom stereocenters. The molecule has 1 heteroatoms. The molecule has 0 aromatic carbocycles. The summed E-state index contributed by atoms with van der Waals surface area (Å²) in [5.74, 6) is 2.67. The second-order valence-electron chi connectivity index (χ2n) is 5.74. The SMILES string of the molecule is C=C(C)NCCCC(C)CC(CC)C(C)CC. The number of hydrogen-bond acceptors (Lipinski definition) is 1. The Morgan fingerprint density at radius 1 is 1.18 bits per heavy atom. The summed E-state index contributed by atoms with van der Waals surface area (Å²) in [7, 11) is 0.